The third-order valence-corrected chi connectivity index (χ3v) is 3.30. The average Bonchev–Trinajstić information content (AvgIpc) is 2.38. The van der Waals surface area contributed by atoms with Gasteiger partial charge in [0.15, 0.2) is 0 Å². The van der Waals surface area contributed by atoms with Crippen molar-refractivity contribution in [1.82, 2.24) is 0 Å². The van der Waals surface area contributed by atoms with Crippen LogP contribution in [0.3, 0.4) is 0 Å². The van der Waals surface area contributed by atoms with Crippen LogP contribution < -0.4 is 0 Å². The van der Waals surface area contributed by atoms with E-state index in [4.69, 9.17) is 5.26 Å². The van der Waals surface area contributed by atoms with E-state index in [1.165, 1.54) is 31.2 Å². The number of allylic oxidation sites excluding steroid dienone is 2. The van der Waals surface area contributed by atoms with Crippen LogP contribution in [0.5, 0.6) is 0 Å². The first-order chi connectivity index (χ1) is 7.88. The summed E-state index contributed by atoms with van der Waals surface area (Å²) in [6, 6.07) is 10.1. The molecule has 1 aromatic rings. The fourth-order valence-electron chi connectivity index (χ4n) is 2.24. The van der Waals surface area contributed by atoms with Gasteiger partial charge in [-0.15, -0.1) is 0 Å². The Morgan fingerprint density at radius 3 is 2.62 bits per heavy atom. The summed E-state index contributed by atoms with van der Waals surface area (Å²) in [6.45, 7) is 0. The van der Waals surface area contributed by atoms with Crippen molar-refractivity contribution in [3.05, 3.63) is 47.5 Å². The van der Waals surface area contributed by atoms with Gasteiger partial charge in [0.05, 0.1) is 11.6 Å². The van der Waals surface area contributed by atoms with Gasteiger partial charge in [0.2, 0.25) is 0 Å². The zero-order valence-corrected chi connectivity index (χ0v) is 9.52. The summed E-state index contributed by atoms with van der Waals surface area (Å²) in [7, 11) is 0. The van der Waals surface area contributed by atoms with E-state index in [2.05, 4.69) is 30.4 Å². The van der Waals surface area contributed by atoms with Crippen LogP contribution in [0, 0.1) is 17.2 Å². The molecule has 1 aromatic carbocycles. The first-order valence-electron chi connectivity index (χ1n) is 6.02. The highest BCUT2D eigenvalue weighted by molar-refractivity contribution is 5.31. The Labute approximate surface area is 97.4 Å². The second kappa shape index (κ2) is 5.51. The van der Waals surface area contributed by atoms with Crippen LogP contribution in [0.1, 0.15) is 36.8 Å². The lowest BCUT2D eigenvalue weighted by Crippen LogP contribution is -2.03. The summed E-state index contributed by atoms with van der Waals surface area (Å²) in [4.78, 5) is 0. The van der Waals surface area contributed by atoms with Crippen LogP contribution in [-0.4, -0.2) is 0 Å². The minimum absolute atomic E-state index is 0.754. The van der Waals surface area contributed by atoms with Crippen LogP contribution in [0.25, 0.3) is 0 Å². The van der Waals surface area contributed by atoms with Crippen molar-refractivity contribution in [3.63, 3.8) is 0 Å². The van der Waals surface area contributed by atoms with E-state index in [-0.39, 0.29) is 0 Å². The highest BCUT2D eigenvalue weighted by Crippen LogP contribution is 2.23. The largest absolute Gasteiger partial charge is 0.192 e. The van der Waals surface area contributed by atoms with E-state index in [1.54, 1.807) is 0 Å². The van der Waals surface area contributed by atoms with Gasteiger partial charge in [-0.25, -0.2) is 0 Å². The normalized spacial score (nSPS) is 19.3. The second-order valence-corrected chi connectivity index (χ2v) is 4.50. The van der Waals surface area contributed by atoms with Crippen LogP contribution in [-0.2, 0) is 6.42 Å². The van der Waals surface area contributed by atoms with Gasteiger partial charge in [0.25, 0.3) is 0 Å². The molecule has 0 saturated carbocycles. The van der Waals surface area contributed by atoms with Gasteiger partial charge in [-0.05, 0) is 55.7 Å². The number of nitriles is 1. The van der Waals surface area contributed by atoms with Crippen molar-refractivity contribution in [2.24, 2.45) is 5.92 Å². The molecule has 1 atom stereocenters. The highest BCUT2D eigenvalue weighted by atomic mass is 14.2. The molecule has 0 saturated heterocycles. The maximum Gasteiger partial charge on any atom is 0.0991 e. The Morgan fingerprint density at radius 2 is 2.00 bits per heavy atom. The first kappa shape index (κ1) is 11.0. The van der Waals surface area contributed by atoms with Gasteiger partial charge in [-0.2, -0.15) is 5.26 Å². The standard InChI is InChI=1S/C15H17N/c16-12-15-10-8-14(9-11-15)7-6-13-4-2-1-3-5-13/h1-2,8-11,13H,3-7H2. The van der Waals surface area contributed by atoms with Crippen LogP contribution in [0.15, 0.2) is 36.4 Å². The summed E-state index contributed by atoms with van der Waals surface area (Å²) >= 11 is 0. The number of hydrogen-bond acceptors (Lipinski definition) is 1. The average molecular weight is 211 g/mol. The van der Waals surface area contributed by atoms with E-state index < -0.39 is 0 Å². The van der Waals surface area contributed by atoms with E-state index in [0.29, 0.717) is 0 Å². The Balaban J connectivity index is 1.85. The molecule has 1 heteroatoms. The zero-order chi connectivity index (χ0) is 11.2. The molecule has 0 spiro atoms. The fraction of sp³-hybridized carbons (Fsp3) is 0.400. The summed E-state index contributed by atoms with van der Waals surface area (Å²) in [5, 5.41) is 8.70. The summed E-state index contributed by atoms with van der Waals surface area (Å²) in [5.41, 5.74) is 2.11. The molecule has 0 aliphatic heterocycles. The number of hydrogen-bond donors (Lipinski definition) is 0. The Hall–Kier alpha value is -1.55. The maximum absolute atomic E-state index is 8.70. The van der Waals surface area contributed by atoms with Crippen LogP contribution in [0.4, 0.5) is 0 Å². The Kier molecular flexibility index (Phi) is 3.77. The summed E-state index contributed by atoms with van der Waals surface area (Å²) < 4.78 is 0. The van der Waals surface area contributed by atoms with Crippen molar-refractivity contribution >= 4 is 0 Å². The molecule has 1 unspecified atom stereocenters. The molecular formula is C15H17N. The van der Waals surface area contributed by atoms with Crippen molar-refractivity contribution in [3.8, 4) is 6.07 Å². The van der Waals surface area contributed by atoms with Gasteiger partial charge >= 0.3 is 0 Å². The number of nitrogens with zero attached hydrogens (tertiary/aromatic N) is 1. The summed E-state index contributed by atoms with van der Waals surface area (Å²) in [5.74, 6) is 0.862. The molecule has 0 N–H and O–H groups in total. The molecule has 0 heterocycles. The van der Waals surface area contributed by atoms with Crippen molar-refractivity contribution < 1.29 is 0 Å². The lowest BCUT2D eigenvalue weighted by Gasteiger charge is -2.17. The molecule has 0 fully saturated rings. The van der Waals surface area contributed by atoms with E-state index in [1.807, 2.05) is 12.1 Å². The Morgan fingerprint density at radius 1 is 1.19 bits per heavy atom. The minimum atomic E-state index is 0.754. The number of aryl methyl sites for hydroxylation is 1. The molecule has 2 rings (SSSR count). The minimum Gasteiger partial charge on any atom is -0.192 e. The topological polar surface area (TPSA) is 23.8 Å². The SMILES string of the molecule is N#Cc1ccc(CCC2CC=CCC2)cc1. The third kappa shape index (κ3) is 2.97. The molecule has 0 aromatic heterocycles. The number of rotatable bonds is 3. The lowest BCUT2D eigenvalue weighted by molar-refractivity contribution is 0.446. The van der Waals surface area contributed by atoms with E-state index >= 15 is 0 Å². The molecule has 82 valence electrons. The first-order valence-corrected chi connectivity index (χ1v) is 6.02. The van der Waals surface area contributed by atoms with E-state index in [0.717, 1.165) is 17.9 Å². The predicted molar refractivity (Wildman–Crippen MR) is 66.0 cm³/mol. The zero-order valence-electron chi connectivity index (χ0n) is 9.52. The highest BCUT2D eigenvalue weighted by Gasteiger charge is 2.09. The Bertz CT molecular complexity index is 394. The smallest absolute Gasteiger partial charge is 0.0991 e. The van der Waals surface area contributed by atoms with Crippen molar-refractivity contribution in [2.45, 2.75) is 32.1 Å². The summed E-state index contributed by atoms with van der Waals surface area (Å²) in [6.07, 6.45) is 10.9. The molecule has 1 aliphatic carbocycles. The monoisotopic (exact) mass is 211 g/mol. The van der Waals surface area contributed by atoms with Gasteiger partial charge in [-0.3, -0.25) is 0 Å². The molecule has 0 radical (unpaired) electrons. The molecular weight excluding hydrogens is 194 g/mol. The van der Waals surface area contributed by atoms with Gasteiger partial charge in [0.1, 0.15) is 0 Å². The molecule has 1 aliphatic rings. The molecule has 0 amide bonds. The van der Waals surface area contributed by atoms with Crippen LogP contribution >= 0.6 is 0 Å². The van der Waals surface area contributed by atoms with E-state index in [9.17, 15) is 0 Å². The van der Waals surface area contributed by atoms with Crippen molar-refractivity contribution in [2.75, 3.05) is 0 Å². The molecule has 1 nitrogen and oxygen atoms in total. The predicted octanol–water partition coefficient (Wildman–Crippen LogP) is 3.85. The number of benzene rings is 1. The lowest BCUT2D eigenvalue weighted by atomic mass is 9.89. The van der Waals surface area contributed by atoms with Crippen LogP contribution in [0.2, 0.25) is 0 Å². The van der Waals surface area contributed by atoms with Crippen molar-refractivity contribution in [1.29, 1.82) is 5.26 Å². The quantitative estimate of drug-likeness (QED) is 0.697. The second-order valence-electron chi connectivity index (χ2n) is 4.50. The van der Waals surface area contributed by atoms with Gasteiger partial charge < -0.3 is 0 Å². The molecule has 16 heavy (non-hydrogen) atoms. The van der Waals surface area contributed by atoms with Gasteiger partial charge in [-0.1, -0.05) is 24.3 Å². The molecule has 0 bridgehead atoms. The van der Waals surface area contributed by atoms with Gasteiger partial charge in [0, 0.05) is 0 Å². The fourth-order valence-corrected chi connectivity index (χ4v) is 2.24. The third-order valence-electron chi connectivity index (χ3n) is 3.30. The maximum atomic E-state index is 8.70.